The van der Waals surface area contributed by atoms with E-state index in [2.05, 4.69) is 59.7 Å². The van der Waals surface area contributed by atoms with Crippen LogP contribution in [0.5, 0.6) is 5.75 Å². The van der Waals surface area contributed by atoms with Crippen LogP contribution in [0.25, 0.3) is 0 Å². The summed E-state index contributed by atoms with van der Waals surface area (Å²) < 4.78 is 18.1. The summed E-state index contributed by atoms with van der Waals surface area (Å²) in [6.07, 6.45) is 2.74. The van der Waals surface area contributed by atoms with Crippen LogP contribution in [0.1, 0.15) is 80.7 Å². The molecule has 1 aromatic carbocycles. The fourth-order valence-electron chi connectivity index (χ4n) is 2.22. The highest BCUT2D eigenvalue weighted by molar-refractivity contribution is 6.61. The lowest BCUT2D eigenvalue weighted by Gasteiger charge is -2.24. The van der Waals surface area contributed by atoms with Crippen LogP contribution in [-0.4, -0.2) is 25.4 Å². The Hall–Kier alpha value is -0.995. The second-order valence-electron chi connectivity index (χ2n) is 7.64. The first kappa shape index (κ1) is 25.0. The molecule has 1 rings (SSSR count). The molecule has 3 nitrogen and oxygen atoms in total. The maximum atomic E-state index is 6.19. The summed E-state index contributed by atoms with van der Waals surface area (Å²) in [6, 6.07) is 6.20. The van der Waals surface area contributed by atoms with Crippen LogP contribution in [0.4, 0.5) is 0 Å². The molecule has 2 atom stereocenters. The Balaban J connectivity index is 0.00000194. The van der Waals surface area contributed by atoms with Crippen molar-refractivity contribution >= 4 is 12.6 Å². The van der Waals surface area contributed by atoms with Crippen molar-refractivity contribution in [1.82, 2.24) is 0 Å². The van der Waals surface area contributed by atoms with Gasteiger partial charge in [-0.05, 0) is 64.6 Å². The first-order chi connectivity index (χ1) is 12.2. The molecule has 1 aromatic rings. The summed E-state index contributed by atoms with van der Waals surface area (Å²) in [5, 5.41) is 0. The molecule has 0 radical (unpaired) electrons. The summed E-state index contributed by atoms with van der Waals surface area (Å²) in [7, 11) is -0.364. The van der Waals surface area contributed by atoms with Crippen molar-refractivity contribution in [2.24, 2.45) is 5.92 Å². The van der Waals surface area contributed by atoms with Crippen molar-refractivity contribution in [2.75, 3.05) is 0 Å². The third kappa shape index (κ3) is 9.63. The van der Waals surface area contributed by atoms with Crippen LogP contribution in [0.2, 0.25) is 0 Å². The van der Waals surface area contributed by atoms with Gasteiger partial charge in [-0.2, -0.15) is 0 Å². The van der Waals surface area contributed by atoms with Crippen molar-refractivity contribution in [1.29, 1.82) is 0 Å². The Morgan fingerprint density at radius 3 is 1.81 bits per heavy atom. The van der Waals surface area contributed by atoms with Gasteiger partial charge in [-0.3, -0.25) is 0 Å². The number of rotatable bonds is 9. The van der Waals surface area contributed by atoms with Crippen LogP contribution in [-0.2, 0) is 9.31 Å². The Labute approximate surface area is 163 Å². The van der Waals surface area contributed by atoms with Gasteiger partial charge in [0, 0.05) is 12.2 Å². The lowest BCUT2D eigenvalue weighted by Crippen LogP contribution is -2.41. The smallest absolute Gasteiger partial charge is 0.490 e. The first-order valence-corrected chi connectivity index (χ1v) is 10.2. The van der Waals surface area contributed by atoms with E-state index in [9.17, 15) is 0 Å². The molecule has 0 aliphatic rings. The SMILES string of the molecule is CCC.CCC(C)C(C)Oc1cc(B(OC(C)C)OC(C)C)ccc1C. The van der Waals surface area contributed by atoms with E-state index in [1.165, 1.54) is 6.42 Å². The third-order valence-corrected chi connectivity index (χ3v) is 4.03. The molecule has 0 spiro atoms. The van der Waals surface area contributed by atoms with Gasteiger partial charge < -0.3 is 14.0 Å². The summed E-state index contributed by atoms with van der Waals surface area (Å²) in [6.45, 7) is 20.9. The van der Waals surface area contributed by atoms with E-state index in [1.807, 2.05) is 27.7 Å². The molecular weight excluding hydrogens is 323 g/mol. The van der Waals surface area contributed by atoms with Gasteiger partial charge in [0.05, 0.1) is 6.10 Å². The highest BCUT2D eigenvalue weighted by Gasteiger charge is 2.25. The topological polar surface area (TPSA) is 27.7 Å². The number of benzene rings is 1. The van der Waals surface area contributed by atoms with Gasteiger partial charge in [0.15, 0.2) is 0 Å². The maximum Gasteiger partial charge on any atom is 0.494 e. The van der Waals surface area contributed by atoms with Gasteiger partial charge in [-0.1, -0.05) is 52.7 Å². The van der Waals surface area contributed by atoms with E-state index in [-0.39, 0.29) is 25.4 Å². The summed E-state index contributed by atoms with van der Waals surface area (Å²) in [5.74, 6) is 1.44. The average molecular weight is 364 g/mol. The van der Waals surface area contributed by atoms with Crippen molar-refractivity contribution < 1.29 is 14.0 Å². The fourth-order valence-corrected chi connectivity index (χ4v) is 2.22. The zero-order valence-corrected chi connectivity index (χ0v) is 18.8. The van der Waals surface area contributed by atoms with Crippen molar-refractivity contribution in [3.8, 4) is 5.75 Å². The van der Waals surface area contributed by atoms with Crippen molar-refractivity contribution in [3.05, 3.63) is 23.8 Å². The molecule has 0 saturated heterocycles. The fraction of sp³-hybridized carbons (Fsp3) is 0.727. The van der Waals surface area contributed by atoms with E-state index in [4.69, 9.17) is 14.0 Å². The van der Waals surface area contributed by atoms with Crippen LogP contribution in [0.15, 0.2) is 18.2 Å². The molecule has 0 aliphatic carbocycles. The quantitative estimate of drug-likeness (QED) is 0.521. The first-order valence-electron chi connectivity index (χ1n) is 10.2. The minimum absolute atomic E-state index is 0.100. The molecule has 0 saturated carbocycles. The van der Waals surface area contributed by atoms with Gasteiger partial charge in [0.25, 0.3) is 0 Å². The molecule has 0 aromatic heterocycles. The van der Waals surface area contributed by atoms with E-state index < -0.39 is 0 Å². The highest BCUT2D eigenvalue weighted by Crippen LogP contribution is 2.21. The molecule has 0 aliphatic heterocycles. The van der Waals surface area contributed by atoms with Crippen LogP contribution in [0, 0.1) is 12.8 Å². The monoisotopic (exact) mass is 364 g/mol. The molecule has 0 bridgehead atoms. The Morgan fingerprint density at radius 2 is 1.38 bits per heavy atom. The number of hydrogen-bond acceptors (Lipinski definition) is 3. The van der Waals surface area contributed by atoms with Crippen LogP contribution < -0.4 is 10.2 Å². The van der Waals surface area contributed by atoms with E-state index in [0.29, 0.717) is 5.92 Å². The van der Waals surface area contributed by atoms with Gasteiger partial charge in [-0.25, -0.2) is 0 Å². The molecule has 4 heteroatoms. The van der Waals surface area contributed by atoms with E-state index in [0.717, 1.165) is 23.2 Å². The zero-order chi connectivity index (χ0) is 20.3. The summed E-state index contributed by atoms with van der Waals surface area (Å²) in [5.41, 5.74) is 2.14. The lowest BCUT2D eigenvalue weighted by molar-refractivity contribution is 0.138. The molecule has 26 heavy (non-hydrogen) atoms. The van der Waals surface area contributed by atoms with Crippen LogP contribution in [0.3, 0.4) is 0 Å². The number of ether oxygens (including phenoxy) is 1. The molecule has 0 amide bonds. The summed E-state index contributed by atoms with van der Waals surface area (Å²) in [4.78, 5) is 0. The predicted molar refractivity (Wildman–Crippen MR) is 115 cm³/mol. The van der Waals surface area contributed by atoms with E-state index >= 15 is 0 Å². The Bertz CT molecular complexity index is 478. The van der Waals surface area contributed by atoms with Crippen molar-refractivity contribution in [3.63, 3.8) is 0 Å². The molecule has 150 valence electrons. The molecular formula is C22H41BO3. The third-order valence-electron chi connectivity index (χ3n) is 4.03. The normalized spacial score (nSPS) is 13.2. The molecule has 0 fully saturated rings. The minimum Gasteiger partial charge on any atom is -0.490 e. The largest absolute Gasteiger partial charge is 0.494 e. The summed E-state index contributed by atoms with van der Waals surface area (Å²) >= 11 is 0. The second-order valence-corrected chi connectivity index (χ2v) is 7.64. The number of hydrogen-bond donors (Lipinski definition) is 0. The minimum atomic E-state index is -0.364. The zero-order valence-electron chi connectivity index (χ0n) is 18.8. The standard InChI is InChI=1S/C19H33BO3.C3H8/c1-9-15(6)17(8)21-19-12-18(11-10-16(19)7)20(22-13(2)3)23-14(4)5;1-3-2/h10-15,17H,9H2,1-8H3;3H2,1-2H3. The number of aryl methyl sites for hydroxylation is 1. The second kappa shape index (κ2) is 13.2. The molecule has 0 N–H and O–H groups in total. The Kier molecular flexibility index (Phi) is 12.7. The average Bonchev–Trinajstić information content (AvgIpc) is 2.55. The van der Waals surface area contributed by atoms with Gasteiger partial charge >= 0.3 is 7.12 Å². The maximum absolute atomic E-state index is 6.19. The van der Waals surface area contributed by atoms with E-state index in [1.54, 1.807) is 0 Å². The molecule has 2 unspecified atom stereocenters. The van der Waals surface area contributed by atoms with Crippen LogP contribution >= 0.6 is 0 Å². The van der Waals surface area contributed by atoms with Gasteiger partial charge in [-0.15, -0.1) is 0 Å². The van der Waals surface area contributed by atoms with Gasteiger partial charge in [0.2, 0.25) is 0 Å². The predicted octanol–water partition coefficient (Wildman–Crippen LogP) is 5.77. The van der Waals surface area contributed by atoms with Gasteiger partial charge in [0.1, 0.15) is 5.75 Å². The molecule has 0 heterocycles. The van der Waals surface area contributed by atoms with Crippen molar-refractivity contribution in [2.45, 2.75) is 100 Å². The Morgan fingerprint density at radius 1 is 0.885 bits per heavy atom. The highest BCUT2D eigenvalue weighted by atomic mass is 16.6. The lowest BCUT2D eigenvalue weighted by atomic mass is 9.77.